The quantitative estimate of drug-likeness (QED) is 0.857. The number of hydrogen-bond acceptors (Lipinski definition) is 3. The van der Waals surface area contributed by atoms with Crippen LogP contribution in [0.15, 0.2) is 18.3 Å². The molecule has 0 saturated carbocycles. The zero-order chi connectivity index (χ0) is 14.1. The van der Waals surface area contributed by atoms with E-state index in [1.807, 2.05) is 12.3 Å². The predicted molar refractivity (Wildman–Crippen MR) is 81.6 cm³/mol. The molecule has 4 nitrogen and oxygen atoms in total. The van der Waals surface area contributed by atoms with Gasteiger partial charge in [0.05, 0.1) is 6.04 Å². The predicted octanol–water partition coefficient (Wildman–Crippen LogP) is 3.24. The Morgan fingerprint density at radius 2 is 2.25 bits per heavy atom. The molecule has 1 aliphatic heterocycles. The van der Waals surface area contributed by atoms with Crippen LogP contribution in [0, 0.1) is 5.92 Å². The topological polar surface area (TPSA) is 34.0 Å². The molecule has 0 aromatic carbocycles. The van der Waals surface area contributed by atoms with E-state index in [-0.39, 0.29) is 0 Å². The number of nitrogens with zero attached hydrogens (tertiary/aromatic N) is 4. The van der Waals surface area contributed by atoms with Gasteiger partial charge in [0.2, 0.25) is 0 Å². The monoisotopic (exact) mass is 272 g/mol. The van der Waals surface area contributed by atoms with Gasteiger partial charge in [0.25, 0.3) is 0 Å². The van der Waals surface area contributed by atoms with Crippen LogP contribution < -0.4 is 0 Å². The molecule has 1 unspecified atom stereocenters. The highest BCUT2D eigenvalue weighted by atomic mass is 15.2. The number of imidazole rings is 1. The van der Waals surface area contributed by atoms with Crippen LogP contribution >= 0.6 is 0 Å². The molecule has 20 heavy (non-hydrogen) atoms. The van der Waals surface area contributed by atoms with Crippen molar-refractivity contribution in [1.29, 1.82) is 0 Å². The summed E-state index contributed by atoms with van der Waals surface area (Å²) < 4.78 is 2.35. The van der Waals surface area contributed by atoms with Crippen LogP contribution in [0.1, 0.15) is 45.5 Å². The van der Waals surface area contributed by atoms with Crippen LogP contribution in [0.2, 0.25) is 0 Å². The summed E-state index contributed by atoms with van der Waals surface area (Å²) in [6.07, 6.45) is 4.36. The second-order valence-electron chi connectivity index (χ2n) is 6.11. The average Bonchev–Trinajstić information content (AvgIpc) is 3.02. The van der Waals surface area contributed by atoms with Crippen molar-refractivity contribution in [3.05, 3.63) is 24.2 Å². The molecule has 1 saturated heterocycles. The number of likely N-dealkylation sites (tertiary alicyclic amines) is 1. The first-order chi connectivity index (χ1) is 9.70. The summed E-state index contributed by atoms with van der Waals surface area (Å²) in [5, 5.41) is 0. The van der Waals surface area contributed by atoms with Crippen molar-refractivity contribution in [3.63, 3.8) is 0 Å². The summed E-state index contributed by atoms with van der Waals surface area (Å²) >= 11 is 0. The zero-order valence-electron chi connectivity index (χ0n) is 12.7. The van der Waals surface area contributed by atoms with Crippen LogP contribution in [0.4, 0.5) is 0 Å². The Kier molecular flexibility index (Phi) is 3.74. The van der Waals surface area contributed by atoms with Crippen LogP contribution in [0.3, 0.4) is 0 Å². The van der Waals surface area contributed by atoms with E-state index in [2.05, 4.69) is 41.3 Å². The van der Waals surface area contributed by atoms with Crippen molar-refractivity contribution in [2.75, 3.05) is 13.1 Å². The second-order valence-corrected chi connectivity index (χ2v) is 6.11. The highest BCUT2D eigenvalue weighted by Gasteiger charge is 2.29. The van der Waals surface area contributed by atoms with Gasteiger partial charge in [-0.2, -0.15) is 0 Å². The number of fused-ring (bicyclic) bond motifs is 1. The lowest BCUT2D eigenvalue weighted by atomic mass is 10.2. The molecule has 3 rings (SSSR count). The molecule has 1 fully saturated rings. The van der Waals surface area contributed by atoms with E-state index in [0.717, 1.165) is 24.3 Å². The third-order valence-electron chi connectivity index (χ3n) is 4.15. The minimum absolute atomic E-state index is 0.466. The van der Waals surface area contributed by atoms with Gasteiger partial charge in [-0.15, -0.1) is 0 Å². The lowest BCUT2D eigenvalue weighted by Crippen LogP contribution is -2.25. The van der Waals surface area contributed by atoms with Crippen LogP contribution in [-0.4, -0.2) is 32.5 Å². The summed E-state index contributed by atoms with van der Waals surface area (Å²) in [4.78, 5) is 12.0. The molecule has 2 aromatic rings. The van der Waals surface area contributed by atoms with Crippen molar-refractivity contribution >= 4 is 11.2 Å². The Morgan fingerprint density at radius 3 is 3.00 bits per heavy atom. The van der Waals surface area contributed by atoms with Crippen molar-refractivity contribution in [2.24, 2.45) is 5.92 Å². The fourth-order valence-corrected chi connectivity index (χ4v) is 3.27. The van der Waals surface area contributed by atoms with Crippen molar-refractivity contribution in [1.82, 2.24) is 19.4 Å². The minimum atomic E-state index is 0.466. The Hall–Kier alpha value is -1.42. The number of hydrogen-bond donors (Lipinski definition) is 0. The third kappa shape index (κ3) is 2.33. The smallest absolute Gasteiger partial charge is 0.160 e. The summed E-state index contributed by atoms with van der Waals surface area (Å²) in [6, 6.07) is 4.52. The highest BCUT2D eigenvalue weighted by molar-refractivity contribution is 5.71. The molecule has 0 spiro atoms. The normalized spacial score (nSPS) is 20.3. The first-order valence-electron chi connectivity index (χ1n) is 7.76. The van der Waals surface area contributed by atoms with Crippen molar-refractivity contribution in [3.8, 4) is 0 Å². The second kappa shape index (κ2) is 5.52. The lowest BCUT2D eigenvalue weighted by molar-refractivity contribution is 0.255. The van der Waals surface area contributed by atoms with Crippen LogP contribution in [0.25, 0.3) is 11.2 Å². The molecule has 108 valence electrons. The Bertz CT molecular complexity index is 587. The van der Waals surface area contributed by atoms with Gasteiger partial charge in [-0.3, -0.25) is 4.90 Å². The van der Waals surface area contributed by atoms with E-state index in [1.54, 1.807) is 0 Å². The maximum atomic E-state index is 4.90. The van der Waals surface area contributed by atoms with Gasteiger partial charge in [-0.25, -0.2) is 9.97 Å². The molecule has 3 heterocycles. The molecule has 0 N–H and O–H groups in total. The van der Waals surface area contributed by atoms with Crippen LogP contribution in [0.5, 0.6) is 0 Å². The Morgan fingerprint density at radius 1 is 1.40 bits per heavy atom. The van der Waals surface area contributed by atoms with Gasteiger partial charge >= 0.3 is 0 Å². The van der Waals surface area contributed by atoms with E-state index in [9.17, 15) is 0 Å². The van der Waals surface area contributed by atoms with Crippen molar-refractivity contribution < 1.29 is 0 Å². The van der Waals surface area contributed by atoms with E-state index in [0.29, 0.717) is 12.0 Å². The molecule has 0 amide bonds. The summed E-state index contributed by atoms with van der Waals surface area (Å²) in [6.45, 7) is 10.0. The first-order valence-corrected chi connectivity index (χ1v) is 7.76. The molecule has 1 atom stereocenters. The first kappa shape index (κ1) is 13.6. The average molecular weight is 272 g/mol. The van der Waals surface area contributed by atoms with Gasteiger partial charge in [-0.05, 0) is 44.0 Å². The SMILES string of the molecule is CCN1CCCC1c1nc2cccnc2n1CC(C)C. The molecular formula is C16H24N4. The van der Waals surface area contributed by atoms with Crippen LogP contribution in [-0.2, 0) is 6.54 Å². The van der Waals surface area contributed by atoms with Gasteiger partial charge in [-0.1, -0.05) is 20.8 Å². The van der Waals surface area contributed by atoms with E-state index >= 15 is 0 Å². The van der Waals surface area contributed by atoms with E-state index in [1.165, 1.54) is 25.2 Å². The van der Waals surface area contributed by atoms with E-state index in [4.69, 9.17) is 4.98 Å². The maximum Gasteiger partial charge on any atom is 0.160 e. The fourth-order valence-electron chi connectivity index (χ4n) is 3.27. The largest absolute Gasteiger partial charge is 0.311 e. The maximum absolute atomic E-state index is 4.90. The Labute approximate surface area is 120 Å². The summed E-state index contributed by atoms with van der Waals surface area (Å²) in [5.41, 5.74) is 2.07. The molecule has 1 aliphatic rings. The number of rotatable bonds is 4. The summed E-state index contributed by atoms with van der Waals surface area (Å²) in [5.74, 6) is 1.82. The van der Waals surface area contributed by atoms with Crippen molar-refractivity contribution in [2.45, 2.75) is 46.2 Å². The lowest BCUT2D eigenvalue weighted by Gasteiger charge is -2.23. The molecule has 4 heteroatoms. The molecule has 2 aromatic heterocycles. The van der Waals surface area contributed by atoms with Gasteiger partial charge < -0.3 is 4.57 Å². The van der Waals surface area contributed by atoms with Gasteiger partial charge in [0.15, 0.2) is 5.65 Å². The summed E-state index contributed by atoms with van der Waals surface area (Å²) in [7, 11) is 0. The third-order valence-corrected chi connectivity index (χ3v) is 4.15. The fraction of sp³-hybridized carbons (Fsp3) is 0.625. The zero-order valence-corrected chi connectivity index (χ0v) is 12.7. The number of pyridine rings is 1. The molecule has 0 radical (unpaired) electrons. The van der Waals surface area contributed by atoms with Gasteiger partial charge in [0, 0.05) is 12.7 Å². The molecule has 0 aliphatic carbocycles. The molecular weight excluding hydrogens is 248 g/mol. The Balaban J connectivity index is 2.08. The number of aromatic nitrogens is 3. The van der Waals surface area contributed by atoms with Gasteiger partial charge in [0.1, 0.15) is 11.3 Å². The molecule has 0 bridgehead atoms. The van der Waals surface area contributed by atoms with E-state index < -0.39 is 0 Å². The standard InChI is InChI=1S/C16H24N4/c1-4-19-10-6-8-14(19)16-18-13-7-5-9-17-15(13)20(16)11-12(2)3/h5,7,9,12,14H,4,6,8,10-11H2,1-3H3. The minimum Gasteiger partial charge on any atom is -0.311 e. The highest BCUT2D eigenvalue weighted by Crippen LogP contribution is 2.32.